The van der Waals surface area contributed by atoms with E-state index in [0.29, 0.717) is 12.2 Å². The Bertz CT molecular complexity index is 1410. The number of anilines is 1. The summed E-state index contributed by atoms with van der Waals surface area (Å²) in [6.07, 6.45) is 5.97. The number of fused-ring (bicyclic) bond motifs is 1. The first kappa shape index (κ1) is 21.5. The molecule has 0 saturated carbocycles. The summed E-state index contributed by atoms with van der Waals surface area (Å²) in [6, 6.07) is 27.3. The van der Waals surface area contributed by atoms with Gasteiger partial charge in [-0.25, -0.2) is 0 Å². The van der Waals surface area contributed by atoms with E-state index in [1.54, 1.807) is 12.1 Å². The second-order valence-corrected chi connectivity index (χ2v) is 8.26. The highest BCUT2D eigenvalue weighted by molar-refractivity contribution is 6.06. The van der Waals surface area contributed by atoms with E-state index in [-0.39, 0.29) is 5.91 Å². The minimum absolute atomic E-state index is 0.165. The van der Waals surface area contributed by atoms with E-state index in [1.165, 1.54) is 0 Å². The number of carbonyl (C=O) groups excluding carboxylic acids is 1. The largest absolute Gasteiger partial charge is 0.489 e. The molecule has 0 bridgehead atoms. The van der Waals surface area contributed by atoms with Gasteiger partial charge in [-0.1, -0.05) is 36.4 Å². The van der Waals surface area contributed by atoms with E-state index >= 15 is 0 Å². The Labute approximate surface area is 198 Å². The van der Waals surface area contributed by atoms with Crippen molar-refractivity contribution < 1.29 is 9.53 Å². The van der Waals surface area contributed by atoms with Crippen LogP contribution in [0.1, 0.15) is 27.0 Å². The summed E-state index contributed by atoms with van der Waals surface area (Å²) in [5, 5.41) is 4.08. The van der Waals surface area contributed by atoms with E-state index in [4.69, 9.17) is 4.74 Å². The molecule has 3 aromatic carbocycles. The van der Waals surface area contributed by atoms with Crippen molar-refractivity contribution in [3.05, 3.63) is 126 Å². The third kappa shape index (κ3) is 4.84. The van der Waals surface area contributed by atoms with Crippen LogP contribution in [0.15, 0.2) is 104 Å². The molecule has 1 N–H and O–H groups in total. The van der Waals surface area contributed by atoms with Gasteiger partial charge in [-0.05, 0) is 72.1 Å². The van der Waals surface area contributed by atoms with Gasteiger partial charge in [-0.15, -0.1) is 0 Å². The van der Waals surface area contributed by atoms with Crippen LogP contribution in [0, 0.1) is 6.92 Å². The number of pyridine rings is 1. The van der Waals surface area contributed by atoms with Gasteiger partial charge < -0.3 is 14.6 Å². The number of nitrogens with zero attached hydrogens (tertiary/aromatic N) is 2. The summed E-state index contributed by atoms with van der Waals surface area (Å²) in [4.78, 5) is 17.5. The summed E-state index contributed by atoms with van der Waals surface area (Å²) < 4.78 is 7.93. The molecule has 1 amide bonds. The first-order chi connectivity index (χ1) is 16.7. The third-order valence-electron chi connectivity index (χ3n) is 5.81. The van der Waals surface area contributed by atoms with Crippen LogP contribution >= 0.6 is 0 Å². The molecule has 0 unspecified atom stereocenters. The fourth-order valence-corrected chi connectivity index (χ4v) is 3.94. The first-order valence-corrected chi connectivity index (χ1v) is 11.2. The van der Waals surface area contributed by atoms with Crippen LogP contribution in [0.5, 0.6) is 5.75 Å². The Hall–Kier alpha value is -4.38. The lowest BCUT2D eigenvalue weighted by atomic mass is 10.1. The summed E-state index contributed by atoms with van der Waals surface area (Å²) in [7, 11) is 0. The molecule has 2 heterocycles. The monoisotopic (exact) mass is 447 g/mol. The van der Waals surface area contributed by atoms with E-state index in [2.05, 4.69) is 20.9 Å². The van der Waals surface area contributed by atoms with Crippen LogP contribution in [0.4, 0.5) is 5.69 Å². The predicted molar refractivity (Wildman–Crippen MR) is 135 cm³/mol. The third-order valence-corrected chi connectivity index (χ3v) is 5.81. The average Bonchev–Trinajstić information content (AvgIpc) is 3.38. The van der Waals surface area contributed by atoms with Gasteiger partial charge in [0.25, 0.3) is 5.91 Å². The van der Waals surface area contributed by atoms with Gasteiger partial charge in [0, 0.05) is 41.8 Å². The van der Waals surface area contributed by atoms with Gasteiger partial charge in [-0.2, -0.15) is 0 Å². The topological polar surface area (TPSA) is 56.1 Å². The van der Waals surface area contributed by atoms with Crippen LogP contribution in [-0.2, 0) is 13.2 Å². The van der Waals surface area contributed by atoms with Crippen LogP contribution in [0.2, 0.25) is 0 Å². The number of nitrogens with one attached hydrogen (secondary N) is 1. The zero-order valence-corrected chi connectivity index (χ0v) is 18.9. The number of amides is 1. The van der Waals surface area contributed by atoms with Gasteiger partial charge in [0.2, 0.25) is 0 Å². The van der Waals surface area contributed by atoms with Crippen molar-refractivity contribution in [1.82, 2.24) is 9.55 Å². The Balaban J connectivity index is 1.26. The molecular formula is C29H25N3O2. The molecule has 168 valence electrons. The maximum absolute atomic E-state index is 12.8. The molecule has 5 aromatic rings. The minimum atomic E-state index is -0.165. The van der Waals surface area contributed by atoms with E-state index in [1.807, 2.05) is 92.2 Å². The molecule has 0 spiro atoms. The smallest absolute Gasteiger partial charge is 0.255 e. The summed E-state index contributed by atoms with van der Waals surface area (Å²) >= 11 is 0. The fraction of sp³-hybridized carbons (Fsp3) is 0.103. The molecule has 0 atom stereocenters. The second-order valence-electron chi connectivity index (χ2n) is 8.26. The van der Waals surface area contributed by atoms with Crippen LogP contribution < -0.4 is 10.1 Å². The molecule has 2 aromatic heterocycles. The Morgan fingerprint density at radius 2 is 1.68 bits per heavy atom. The summed E-state index contributed by atoms with van der Waals surface area (Å²) in [5.74, 6) is 0.559. The number of benzene rings is 3. The molecule has 0 aliphatic heterocycles. The van der Waals surface area contributed by atoms with E-state index in [9.17, 15) is 4.79 Å². The molecule has 0 radical (unpaired) electrons. The van der Waals surface area contributed by atoms with Gasteiger partial charge in [0.15, 0.2) is 0 Å². The van der Waals surface area contributed by atoms with Crippen LogP contribution in [0.3, 0.4) is 0 Å². The van der Waals surface area contributed by atoms with Crippen molar-refractivity contribution >= 4 is 22.5 Å². The predicted octanol–water partition coefficient (Wildman–Crippen LogP) is 6.22. The standard InChI is InChI=1S/C29H25N3O2/c1-21-27(14-11-25-17-23(18-30-28(21)25)19-32-15-5-6-16-32)31-29(33)24-9-12-26(13-10-24)34-20-22-7-3-2-4-8-22/h2-18H,19-20H2,1H3,(H,31,33). The number of hydrogen-bond acceptors (Lipinski definition) is 3. The maximum atomic E-state index is 12.8. The van der Waals surface area contributed by atoms with Gasteiger partial charge in [-0.3, -0.25) is 9.78 Å². The van der Waals surface area contributed by atoms with E-state index < -0.39 is 0 Å². The zero-order chi connectivity index (χ0) is 23.3. The number of aromatic nitrogens is 2. The number of aryl methyl sites for hydroxylation is 1. The molecule has 0 aliphatic rings. The highest BCUT2D eigenvalue weighted by Gasteiger charge is 2.11. The average molecular weight is 448 g/mol. The second kappa shape index (κ2) is 9.63. The number of carbonyl (C=O) groups is 1. The number of hydrogen-bond donors (Lipinski definition) is 1. The molecule has 5 nitrogen and oxygen atoms in total. The SMILES string of the molecule is Cc1c(NC(=O)c2ccc(OCc3ccccc3)cc2)ccc2cc(Cn3cccc3)cnc12. The van der Waals surface area contributed by atoms with Gasteiger partial charge >= 0.3 is 0 Å². The Morgan fingerprint density at radius 3 is 2.44 bits per heavy atom. The lowest BCUT2D eigenvalue weighted by Gasteiger charge is -2.12. The molecule has 34 heavy (non-hydrogen) atoms. The molecular weight excluding hydrogens is 422 g/mol. The number of rotatable bonds is 7. The highest BCUT2D eigenvalue weighted by atomic mass is 16.5. The summed E-state index contributed by atoms with van der Waals surface area (Å²) in [6.45, 7) is 3.25. The first-order valence-electron chi connectivity index (χ1n) is 11.2. The molecule has 0 aliphatic carbocycles. The van der Waals surface area contributed by atoms with Crippen molar-refractivity contribution in [2.24, 2.45) is 0 Å². The van der Waals surface area contributed by atoms with Crippen LogP contribution in [-0.4, -0.2) is 15.5 Å². The van der Waals surface area contributed by atoms with Crippen molar-refractivity contribution in [3.8, 4) is 5.75 Å². The van der Waals surface area contributed by atoms with E-state index in [0.717, 1.165) is 45.6 Å². The normalized spacial score (nSPS) is 10.9. The molecule has 0 saturated heterocycles. The molecule has 5 heteroatoms. The Morgan fingerprint density at radius 1 is 0.912 bits per heavy atom. The van der Waals surface area contributed by atoms with Crippen molar-refractivity contribution in [3.63, 3.8) is 0 Å². The molecule has 0 fully saturated rings. The van der Waals surface area contributed by atoms with Gasteiger partial charge in [0.05, 0.1) is 5.52 Å². The lowest BCUT2D eigenvalue weighted by molar-refractivity contribution is 0.102. The Kier molecular flexibility index (Phi) is 6.08. The van der Waals surface area contributed by atoms with Crippen LogP contribution in [0.25, 0.3) is 10.9 Å². The van der Waals surface area contributed by atoms with Gasteiger partial charge in [0.1, 0.15) is 12.4 Å². The minimum Gasteiger partial charge on any atom is -0.489 e. The highest BCUT2D eigenvalue weighted by Crippen LogP contribution is 2.25. The lowest BCUT2D eigenvalue weighted by Crippen LogP contribution is -2.13. The molecule has 5 rings (SSSR count). The van der Waals surface area contributed by atoms with Crippen molar-refractivity contribution in [2.75, 3.05) is 5.32 Å². The quantitative estimate of drug-likeness (QED) is 0.322. The fourth-order valence-electron chi connectivity index (χ4n) is 3.94. The summed E-state index contributed by atoms with van der Waals surface area (Å²) in [5.41, 5.74) is 5.39. The maximum Gasteiger partial charge on any atom is 0.255 e. The zero-order valence-electron chi connectivity index (χ0n) is 18.9. The van der Waals surface area contributed by atoms with Crippen molar-refractivity contribution in [2.45, 2.75) is 20.1 Å². The van der Waals surface area contributed by atoms with Crippen molar-refractivity contribution in [1.29, 1.82) is 0 Å². The number of ether oxygens (including phenoxy) is 1.